The average molecular weight is 257 g/mol. The van der Waals surface area contributed by atoms with Gasteiger partial charge in [0.05, 0.1) is 18.6 Å². The highest BCUT2D eigenvalue weighted by atomic mass is 32.2. The number of sulfone groups is 1. The van der Waals surface area contributed by atoms with Crippen molar-refractivity contribution >= 4 is 15.7 Å². The van der Waals surface area contributed by atoms with E-state index in [1.807, 2.05) is 0 Å². The van der Waals surface area contributed by atoms with E-state index in [0.717, 1.165) is 0 Å². The molecule has 0 spiro atoms. The third-order valence-corrected chi connectivity index (χ3v) is 4.27. The SMILES string of the molecule is C=CCS(=O)(=O)C(C)C(=O)NCc1ccco1. The van der Waals surface area contributed by atoms with Gasteiger partial charge in [-0.05, 0) is 19.1 Å². The molecule has 6 heteroatoms. The summed E-state index contributed by atoms with van der Waals surface area (Å²) < 4.78 is 28.2. The van der Waals surface area contributed by atoms with Crippen molar-refractivity contribution in [1.29, 1.82) is 0 Å². The first-order valence-electron chi connectivity index (χ1n) is 5.10. The Hall–Kier alpha value is -1.56. The average Bonchev–Trinajstić information content (AvgIpc) is 2.77. The quantitative estimate of drug-likeness (QED) is 0.768. The normalized spacial score (nSPS) is 13.0. The van der Waals surface area contributed by atoms with Gasteiger partial charge in [-0.1, -0.05) is 6.08 Å². The molecule has 1 N–H and O–H groups in total. The van der Waals surface area contributed by atoms with Gasteiger partial charge in [-0.15, -0.1) is 6.58 Å². The van der Waals surface area contributed by atoms with Crippen LogP contribution in [0, 0.1) is 0 Å². The van der Waals surface area contributed by atoms with Crippen LogP contribution in [0.3, 0.4) is 0 Å². The summed E-state index contributed by atoms with van der Waals surface area (Å²) in [6.07, 6.45) is 2.75. The molecule has 0 radical (unpaired) electrons. The van der Waals surface area contributed by atoms with E-state index in [4.69, 9.17) is 4.42 Å². The minimum absolute atomic E-state index is 0.180. The highest BCUT2D eigenvalue weighted by Crippen LogP contribution is 2.04. The molecule has 1 unspecified atom stereocenters. The molecule has 0 bridgehead atoms. The van der Waals surface area contributed by atoms with Gasteiger partial charge in [0.2, 0.25) is 5.91 Å². The molecular weight excluding hydrogens is 242 g/mol. The second kappa shape index (κ2) is 5.67. The Balaban J connectivity index is 2.56. The number of hydrogen-bond acceptors (Lipinski definition) is 4. The Labute approximate surface area is 100 Å². The first-order chi connectivity index (χ1) is 7.97. The van der Waals surface area contributed by atoms with Gasteiger partial charge in [-0.2, -0.15) is 0 Å². The van der Waals surface area contributed by atoms with Crippen LogP contribution in [-0.4, -0.2) is 25.3 Å². The largest absolute Gasteiger partial charge is 0.467 e. The first kappa shape index (κ1) is 13.5. The molecule has 0 saturated heterocycles. The van der Waals surface area contributed by atoms with Gasteiger partial charge in [-0.25, -0.2) is 8.42 Å². The standard InChI is InChI=1S/C11H15NO4S/c1-3-7-17(14,15)9(2)11(13)12-8-10-5-4-6-16-10/h3-6,9H,1,7-8H2,2H3,(H,12,13). The maximum Gasteiger partial charge on any atom is 0.238 e. The molecule has 1 aromatic heterocycles. The molecule has 5 nitrogen and oxygen atoms in total. The van der Waals surface area contributed by atoms with E-state index >= 15 is 0 Å². The minimum Gasteiger partial charge on any atom is -0.467 e. The lowest BCUT2D eigenvalue weighted by Crippen LogP contribution is -2.38. The third-order valence-electron chi connectivity index (χ3n) is 2.28. The lowest BCUT2D eigenvalue weighted by molar-refractivity contribution is -0.120. The molecule has 17 heavy (non-hydrogen) atoms. The molecule has 94 valence electrons. The number of carbonyl (C=O) groups is 1. The van der Waals surface area contributed by atoms with Gasteiger partial charge in [0.25, 0.3) is 0 Å². The Kier molecular flexibility index (Phi) is 4.51. The van der Waals surface area contributed by atoms with Crippen LogP contribution in [0.25, 0.3) is 0 Å². The maximum absolute atomic E-state index is 11.6. The second-order valence-electron chi connectivity index (χ2n) is 3.56. The fourth-order valence-corrected chi connectivity index (χ4v) is 2.23. The first-order valence-corrected chi connectivity index (χ1v) is 6.81. The van der Waals surface area contributed by atoms with Crippen LogP contribution in [0.15, 0.2) is 35.5 Å². The number of furan rings is 1. The Morgan fingerprint density at radius 2 is 2.35 bits per heavy atom. The lowest BCUT2D eigenvalue weighted by Gasteiger charge is -2.11. The van der Waals surface area contributed by atoms with Crippen molar-refractivity contribution in [3.63, 3.8) is 0 Å². The summed E-state index contributed by atoms with van der Waals surface area (Å²) in [5.41, 5.74) is 0. The van der Waals surface area contributed by atoms with Crippen molar-refractivity contribution in [2.24, 2.45) is 0 Å². The molecule has 1 aromatic rings. The molecule has 0 saturated carbocycles. The highest BCUT2D eigenvalue weighted by molar-refractivity contribution is 7.92. The van der Waals surface area contributed by atoms with Crippen LogP contribution in [-0.2, 0) is 21.2 Å². The van der Waals surface area contributed by atoms with Crippen molar-refractivity contribution in [3.8, 4) is 0 Å². The molecule has 1 rings (SSSR count). The molecule has 1 heterocycles. The zero-order chi connectivity index (χ0) is 12.9. The van der Waals surface area contributed by atoms with Gasteiger partial charge in [0.15, 0.2) is 9.84 Å². The van der Waals surface area contributed by atoms with Gasteiger partial charge < -0.3 is 9.73 Å². The van der Waals surface area contributed by atoms with Gasteiger partial charge in [0, 0.05) is 0 Å². The zero-order valence-corrected chi connectivity index (χ0v) is 10.4. The van der Waals surface area contributed by atoms with Crippen LogP contribution in [0.2, 0.25) is 0 Å². The monoisotopic (exact) mass is 257 g/mol. The second-order valence-corrected chi connectivity index (χ2v) is 5.92. The van der Waals surface area contributed by atoms with Crippen molar-refractivity contribution in [1.82, 2.24) is 5.32 Å². The van der Waals surface area contributed by atoms with E-state index in [0.29, 0.717) is 5.76 Å². The van der Waals surface area contributed by atoms with E-state index in [1.165, 1.54) is 19.3 Å². The topological polar surface area (TPSA) is 76.4 Å². The van der Waals surface area contributed by atoms with Crippen molar-refractivity contribution in [2.45, 2.75) is 18.7 Å². The van der Waals surface area contributed by atoms with Crippen LogP contribution >= 0.6 is 0 Å². The summed E-state index contributed by atoms with van der Waals surface area (Å²) in [7, 11) is -3.46. The van der Waals surface area contributed by atoms with Crippen LogP contribution in [0.5, 0.6) is 0 Å². The molecular formula is C11H15NO4S. The van der Waals surface area contributed by atoms with Crippen molar-refractivity contribution in [3.05, 3.63) is 36.8 Å². The van der Waals surface area contributed by atoms with Gasteiger partial charge >= 0.3 is 0 Å². The van der Waals surface area contributed by atoms with E-state index in [1.54, 1.807) is 12.1 Å². The molecule has 0 aliphatic carbocycles. The lowest BCUT2D eigenvalue weighted by atomic mass is 10.4. The molecule has 0 aliphatic heterocycles. The fourth-order valence-electron chi connectivity index (χ4n) is 1.20. The Morgan fingerprint density at radius 1 is 1.65 bits per heavy atom. The summed E-state index contributed by atoms with van der Waals surface area (Å²) in [6.45, 7) is 4.89. The highest BCUT2D eigenvalue weighted by Gasteiger charge is 2.26. The molecule has 0 fully saturated rings. The van der Waals surface area contributed by atoms with Crippen LogP contribution in [0.1, 0.15) is 12.7 Å². The third kappa shape index (κ3) is 3.74. The number of nitrogens with one attached hydrogen (secondary N) is 1. The summed E-state index contributed by atoms with van der Waals surface area (Å²) in [4.78, 5) is 11.6. The molecule has 0 aromatic carbocycles. The maximum atomic E-state index is 11.6. The predicted molar refractivity (Wildman–Crippen MR) is 64.0 cm³/mol. The summed E-state index contributed by atoms with van der Waals surface area (Å²) >= 11 is 0. The van der Waals surface area contributed by atoms with Gasteiger partial charge in [0.1, 0.15) is 11.0 Å². The van der Waals surface area contributed by atoms with Crippen molar-refractivity contribution < 1.29 is 17.6 Å². The molecule has 0 aliphatic rings. The van der Waals surface area contributed by atoms with E-state index in [-0.39, 0.29) is 12.3 Å². The summed E-state index contributed by atoms with van der Waals surface area (Å²) in [5.74, 6) is -0.169. The Bertz CT molecular complexity index is 476. The van der Waals surface area contributed by atoms with Crippen molar-refractivity contribution in [2.75, 3.05) is 5.75 Å². The van der Waals surface area contributed by atoms with E-state index in [2.05, 4.69) is 11.9 Å². The van der Waals surface area contributed by atoms with E-state index < -0.39 is 21.0 Å². The van der Waals surface area contributed by atoms with Crippen LogP contribution < -0.4 is 5.32 Å². The molecule has 1 atom stereocenters. The minimum atomic E-state index is -3.46. The summed E-state index contributed by atoms with van der Waals surface area (Å²) in [5, 5.41) is 1.42. The number of amides is 1. The predicted octanol–water partition coefficient (Wildman–Crippen LogP) is 0.885. The molecule has 1 amide bonds. The Morgan fingerprint density at radius 3 is 2.88 bits per heavy atom. The smallest absolute Gasteiger partial charge is 0.238 e. The van der Waals surface area contributed by atoms with Crippen LogP contribution in [0.4, 0.5) is 0 Å². The van der Waals surface area contributed by atoms with E-state index in [9.17, 15) is 13.2 Å². The number of rotatable bonds is 6. The fraction of sp³-hybridized carbons (Fsp3) is 0.364. The number of carbonyl (C=O) groups excluding carboxylic acids is 1. The number of hydrogen-bond donors (Lipinski definition) is 1. The zero-order valence-electron chi connectivity index (χ0n) is 9.55. The summed E-state index contributed by atoms with van der Waals surface area (Å²) in [6, 6.07) is 3.39. The van der Waals surface area contributed by atoms with Gasteiger partial charge in [-0.3, -0.25) is 4.79 Å².